The molecule has 1 fully saturated rings. The van der Waals surface area contributed by atoms with Gasteiger partial charge in [0.2, 0.25) is 5.82 Å². The number of piperazine rings is 1. The van der Waals surface area contributed by atoms with Crippen molar-refractivity contribution < 1.29 is 4.52 Å². The van der Waals surface area contributed by atoms with E-state index in [1.54, 1.807) is 0 Å². The summed E-state index contributed by atoms with van der Waals surface area (Å²) in [7, 11) is 0. The zero-order valence-corrected chi connectivity index (χ0v) is 18.7. The summed E-state index contributed by atoms with van der Waals surface area (Å²) in [5, 5.41) is 4.13. The van der Waals surface area contributed by atoms with Crippen molar-refractivity contribution >= 4 is 11.5 Å². The van der Waals surface area contributed by atoms with Crippen LogP contribution in [0.5, 0.6) is 0 Å². The number of hydrogen-bond acceptors (Lipinski definition) is 6. The Morgan fingerprint density at radius 1 is 0.781 bits per heavy atom. The fourth-order valence-corrected chi connectivity index (χ4v) is 4.11. The standard InChI is InChI=1S/C26H27N5O/c1-18-7-9-21(10-8-18)25-28-26(32-29-25)22-11-12-24(27-17-22)31-15-13-30(14-16-31)23-6-4-5-19(2)20(23)3/h4-12,17H,13-16H2,1-3H3. The van der Waals surface area contributed by atoms with E-state index in [4.69, 9.17) is 4.52 Å². The van der Waals surface area contributed by atoms with Crippen LogP contribution in [-0.4, -0.2) is 41.3 Å². The quantitative estimate of drug-likeness (QED) is 0.456. The molecular weight excluding hydrogens is 398 g/mol. The molecule has 0 bridgehead atoms. The molecule has 0 radical (unpaired) electrons. The van der Waals surface area contributed by atoms with E-state index in [0.29, 0.717) is 11.7 Å². The Bertz CT molecular complexity index is 1210. The second-order valence-electron chi connectivity index (χ2n) is 8.39. The van der Waals surface area contributed by atoms with Gasteiger partial charge in [0, 0.05) is 43.6 Å². The summed E-state index contributed by atoms with van der Waals surface area (Å²) in [4.78, 5) is 14.0. The summed E-state index contributed by atoms with van der Waals surface area (Å²) in [5.41, 5.74) is 7.02. The summed E-state index contributed by atoms with van der Waals surface area (Å²) >= 11 is 0. The lowest BCUT2D eigenvalue weighted by atomic mass is 10.1. The van der Waals surface area contributed by atoms with Crippen molar-refractivity contribution in [2.75, 3.05) is 36.0 Å². The maximum absolute atomic E-state index is 5.48. The number of nitrogens with zero attached hydrogens (tertiary/aromatic N) is 5. The molecule has 4 aromatic rings. The van der Waals surface area contributed by atoms with Gasteiger partial charge in [0.05, 0.1) is 5.56 Å². The van der Waals surface area contributed by atoms with Gasteiger partial charge in [0.25, 0.3) is 5.89 Å². The second-order valence-corrected chi connectivity index (χ2v) is 8.39. The van der Waals surface area contributed by atoms with E-state index in [1.165, 1.54) is 22.4 Å². The second kappa shape index (κ2) is 8.46. The number of pyridine rings is 1. The minimum absolute atomic E-state index is 0.486. The molecule has 6 nitrogen and oxygen atoms in total. The van der Waals surface area contributed by atoms with Crippen LogP contribution in [0.1, 0.15) is 16.7 Å². The van der Waals surface area contributed by atoms with Crippen LogP contribution in [-0.2, 0) is 0 Å². The molecule has 0 amide bonds. The van der Waals surface area contributed by atoms with Gasteiger partial charge >= 0.3 is 0 Å². The van der Waals surface area contributed by atoms with Crippen LogP contribution in [0.25, 0.3) is 22.8 Å². The van der Waals surface area contributed by atoms with Gasteiger partial charge in [-0.15, -0.1) is 0 Å². The molecule has 0 unspecified atom stereocenters. The van der Waals surface area contributed by atoms with E-state index in [0.717, 1.165) is 43.1 Å². The largest absolute Gasteiger partial charge is 0.368 e. The first-order valence-corrected chi connectivity index (χ1v) is 11.0. The number of benzene rings is 2. The Labute approximate surface area is 188 Å². The lowest BCUT2D eigenvalue weighted by Gasteiger charge is -2.37. The molecule has 0 saturated carbocycles. The number of aryl methyl sites for hydroxylation is 2. The fraction of sp³-hybridized carbons (Fsp3) is 0.269. The van der Waals surface area contributed by atoms with E-state index < -0.39 is 0 Å². The van der Waals surface area contributed by atoms with E-state index >= 15 is 0 Å². The van der Waals surface area contributed by atoms with Gasteiger partial charge in [-0.2, -0.15) is 4.98 Å². The highest BCUT2D eigenvalue weighted by Crippen LogP contribution is 2.26. The first-order chi connectivity index (χ1) is 15.6. The van der Waals surface area contributed by atoms with Gasteiger partial charge in [0.15, 0.2) is 0 Å². The zero-order chi connectivity index (χ0) is 22.1. The van der Waals surface area contributed by atoms with Crippen LogP contribution >= 0.6 is 0 Å². The van der Waals surface area contributed by atoms with Gasteiger partial charge in [-0.1, -0.05) is 47.1 Å². The molecule has 2 aromatic heterocycles. The highest BCUT2D eigenvalue weighted by molar-refractivity contribution is 5.61. The van der Waals surface area contributed by atoms with E-state index in [2.05, 4.69) is 63.9 Å². The van der Waals surface area contributed by atoms with Gasteiger partial charge in [-0.3, -0.25) is 0 Å². The van der Waals surface area contributed by atoms with Crippen molar-refractivity contribution in [2.24, 2.45) is 0 Å². The zero-order valence-electron chi connectivity index (χ0n) is 18.7. The number of hydrogen-bond donors (Lipinski definition) is 0. The molecule has 1 aliphatic rings. The highest BCUT2D eigenvalue weighted by Gasteiger charge is 2.20. The molecule has 32 heavy (non-hydrogen) atoms. The maximum Gasteiger partial charge on any atom is 0.259 e. The van der Waals surface area contributed by atoms with Crippen molar-refractivity contribution in [2.45, 2.75) is 20.8 Å². The lowest BCUT2D eigenvalue weighted by molar-refractivity contribution is 0.432. The Kier molecular flexibility index (Phi) is 5.35. The number of aromatic nitrogens is 3. The van der Waals surface area contributed by atoms with E-state index in [9.17, 15) is 0 Å². The molecule has 3 heterocycles. The smallest absolute Gasteiger partial charge is 0.259 e. The SMILES string of the molecule is Cc1ccc(-c2noc(-c3ccc(N4CCN(c5cccc(C)c5C)CC4)nc3)n2)cc1. The number of anilines is 2. The molecule has 0 aliphatic carbocycles. The average molecular weight is 426 g/mol. The van der Waals surface area contributed by atoms with Crippen molar-refractivity contribution in [1.29, 1.82) is 0 Å². The van der Waals surface area contributed by atoms with Crippen LogP contribution in [0.4, 0.5) is 11.5 Å². The van der Waals surface area contributed by atoms with Crippen molar-refractivity contribution in [3.63, 3.8) is 0 Å². The van der Waals surface area contributed by atoms with Gasteiger partial charge < -0.3 is 14.3 Å². The lowest BCUT2D eigenvalue weighted by Crippen LogP contribution is -2.47. The summed E-state index contributed by atoms with van der Waals surface area (Å²) in [6.07, 6.45) is 1.82. The molecule has 0 N–H and O–H groups in total. The van der Waals surface area contributed by atoms with Crippen molar-refractivity contribution in [1.82, 2.24) is 15.1 Å². The average Bonchev–Trinajstić information content (AvgIpc) is 3.32. The maximum atomic E-state index is 5.48. The molecular formula is C26H27N5O. The third-order valence-electron chi connectivity index (χ3n) is 6.25. The fourth-order valence-electron chi connectivity index (χ4n) is 4.11. The normalized spacial score (nSPS) is 14.1. The highest BCUT2D eigenvalue weighted by atomic mass is 16.5. The van der Waals surface area contributed by atoms with Crippen molar-refractivity contribution in [3.05, 3.63) is 77.5 Å². The van der Waals surface area contributed by atoms with Gasteiger partial charge in [0.1, 0.15) is 5.82 Å². The summed E-state index contributed by atoms with van der Waals surface area (Å²) in [6.45, 7) is 10.3. The van der Waals surface area contributed by atoms with Gasteiger partial charge in [-0.25, -0.2) is 4.98 Å². The third kappa shape index (κ3) is 3.96. The Morgan fingerprint density at radius 2 is 1.50 bits per heavy atom. The first kappa shape index (κ1) is 20.2. The molecule has 1 aliphatic heterocycles. The van der Waals surface area contributed by atoms with Gasteiger partial charge in [-0.05, 0) is 50.1 Å². The molecule has 1 saturated heterocycles. The Balaban J connectivity index is 1.26. The molecule has 5 rings (SSSR count). The van der Waals surface area contributed by atoms with Crippen LogP contribution in [0.2, 0.25) is 0 Å². The molecule has 162 valence electrons. The summed E-state index contributed by atoms with van der Waals surface area (Å²) in [6, 6.07) is 18.7. The number of rotatable bonds is 4. The van der Waals surface area contributed by atoms with Crippen LogP contribution in [0.15, 0.2) is 65.3 Å². The van der Waals surface area contributed by atoms with Crippen molar-refractivity contribution in [3.8, 4) is 22.8 Å². The molecule has 2 aromatic carbocycles. The van der Waals surface area contributed by atoms with E-state index in [1.807, 2.05) is 42.6 Å². The van der Waals surface area contributed by atoms with Crippen LogP contribution in [0.3, 0.4) is 0 Å². The van der Waals surface area contributed by atoms with Crippen LogP contribution in [0, 0.1) is 20.8 Å². The minimum atomic E-state index is 0.486. The van der Waals surface area contributed by atoms with E-state index in [-0.39, 0.29) is 0 Å². The topological polar surface area (TPSA) is 58.3 Å². The summed E-state index contributed by atoms with van der Waals surface area (Å²) < 4.78 is 5.48. The van der Waals surface area contributed by atoms with Crippen LogP contribution < -0.4 is 9.80 Å². The predicted octanol–water partition coefficient (Wildman–Crippen LogP) is 5.05. The molecule has 0 atom stereocenters. The Hall–Kier alpha value is -3.67. The monoisotopic (exact) mass is 425 g/mol. The minimum Gasteiger partial charge on any atom is -0.368 e. The predicted molar refractivity (Wildman–Crippen MR) is 128 cm³/mol. The molecule has 0 spiro atoms. The third-order valence-corrected chi connectivity index (χ3v) is 6.25. The summed E-state index contributed by atoms with van der Waals surface area (Å²) in [5.74, 6) is 2.05. The Morgan fingerprint density at radius 3 is 2.22 bits per heavy atom. The molecule has 6 heteroatoms. The first-order valence-electron chi connectivity index (χ1n) is 11.0.